The number of amides is 1. The largest absolute Gasteiger partial charge is 0.321 e. The molecule has 86 valence electrons. The van der Waals surface area contributed by atoms with E-state index >= 15 is 0 Å². The van der Waals surface area contributed by atoms with Crippen molar-refractivity contribution >= 4 is 23.2 Å². The third-order valence-electron chi connectivity index (χ3n) is 2.14. The van der Waals surface area contributed by atoms with Gasteiger partial charge in [0.15, 0.2) is 0 Å². The molecule has 1 amide bonds. The Balaban J connectivity index is 2.14. The van der Waals surface area contributed by atoms with Crippen LogP contribution >= 0.6 is 11.6 Å². The number of nitrogens with one attached hydrogen (secondary N) is 1. The number of rotatable bonds is 2. The fraction of sp³-hybridized carbons (Fsp3) is 0.0833. The van der Waals surface area contributed by atoms with Crippen molar-refractivity contribution in [2.24, 2.45) is 0 Å². The van der Waals surface area contributed by atoms with Gasteiger partial charge in [-0.3, -0.25) is 4.79 Å². The molecule has 0 saturated heterocycles. The number of carbonyl (C=O) groups is 1. The zero-order chi connectivity index (χ0) is 12.3. The van der Waals surface area contributed by atoms with Gasteiger partial charge in [0.25, 0.3) is 5.91 Å². The number of aromatic nitrogens is 2. The Hall–Kier alpha value is -1.94. The Bertz CT molecular complexity index is 540. The first-order chi connectivity index (χ1) is 8.15. The summed E-state index contributed by atoms with van der Waals surface area (Å²) in [5, 5.41) is 3.35. The van der Waals surface area contributed by atoms with Crippen LogP contribution in [0.4, 0.5) is 5.69 Å². The Kier molecular flexibility index (Phi) is 3.35. The van der Waals surface area contributed by atoms with Gasteiger partial charge in [0.2, 0.25) is 0 Å². The second-order valence-corrected chi connectivity index (χ2v) is 3.94. The van der Waals surface area contributed by atoms with Crippen LogP contribution in [0.25, 0.3) is 0 Å². The summed E-state index contributed by atoms with van der Waals surface area (Å²) in [6.45, 7) is 1.81. The van der Waals surface area contributed by atoms with Crippen LogP contribution in [0, 0.1) is 6.92 Å². The maximum Gasteiger partial charge on any atom is 0.274 e. The molecule has 0 fully saturated rings. The standard InChI is InChI=1S/C12H10ClN3O/c1-8-6-11(15-7-14-8)12(17)16-10-4-2-9(13)3-5-10/h2-7H,1H3,(H,16,17). The molecule has 0 aliphatic heterocycles. The molecule has 0 bridgehead atoms. The lowest BCUT2D eigenvalue weighted by Crippen LogP contribution is -2.14. The Morgan fingerprint density at radius 2 is 1.94 bits per heavy atom. The molecule has 0 aliphatic rings. The van der Waals surface area contributed by atoms with Gasteiger partial charge >= 0.3 is 0 Å². The molecular formula is C12H10ClN3O. The van der Waals surface area contributed by atoms with Crippen LogP contribution in [0.3, 0.4) is 0 Å². The van der Waals surface area contributed by atoms with Gasteiger partial charge in [-0.05, 0) is 37.3 Å². The number of anilines is 1. The molecule has 0 atom stereocenters. The van der Waals surface area contributed by atoms with Gasteiger partial charge in [-0.1, -0.05) is 11.6 Å². The minimum Gasteiger partial charge on any atom is -0.321 e. The van der Waals surface area contributed by atoms with Gasteiger partial charge in [0.1, 0.15) is 12.0 Å². The van der Waals surface area contributed by atoms with Crippen LogP contribution in [-0.4, -0.2) is 15.9 Å². The third kappa shape index (κ3) is 3.01. The number of hydrogen-bond donors (Lipinski definition) is 1. The lowest BCUT2D eigenvalue weighted by molar-refractivity contribution is 0.102. The van der Waals surface area contributed by atoms with Crippen LogP contribution < -0.4 is 5.32 Å². The number of aryl methyl sites for hydroxylation is 1. The van der Waals surface area contributed by atoms with E-state index in [9.17, 15) is 4.79 Å². The van der Waals surface area contributed by atoms with Crippen LogP contribution in [0.2, 0.25) is 5.02 Å². The van der Waals surface area contributed by atoms with E-state index in [1.54, 1.807) is 37.3 Å². The van der Waals surface area contributed by atoms with Gasteiger partial charge in [0.05, 0.1) is 0 Å². The number of hydrogen-bond acceptors (Lipinski definition) is 3. The molecule has 0 saturated carbocycles. The van der Waals surface area contributed by atoms with E-state index in [0.29, 0.717) is 16.4 Å². The number of carbonyl (C=O) groups excluding carboxylic acids is 1. The molecule has 0 unspecified atom stereocenters. The number of benzene rings is 1. The molecular weight excluding hydrogens is 238 g/mol. The normalized spacial score (nSPS) is 10.0. The van der Waals surface area contributed by atoms with Gasteiger partial charge in [0, 0.05) is 16.4 Å². The van der Waals surface area contributed by atoms with Crippen molar-refractivity contribution in [3.05, 3.63) is 53.1 Å². The van der Waals surface area contributed by atoms with E-state index in [2.05, 4.69) is 15.3 Å². The van der Waals surface area contributed by atoms with E-state index in [1.807, 2.05) is 0 Å². The monoisotopic (exact) mass is 247 g/mol. The summed E-state index contributed by atoms with van der Waals surface area (Å²) in [7, 11) is 0. The molecule has 2 aromatic rings. The molecule has 17 heavy (non-hydrogen) atoms. The van der Waals surface area contributed by atoms with E-state index < -0.39 is 0 Å². The second kappa shape index (κ2) is 4.93. The third-order valence-corrected chi connectivity index (χ3v) is 2.39. The lowest BCUT2D eigenvalue weighted by Gasteiger charge is -2.04. The predicted molar refractivity (Wildman–Crippen MR) is 66.2 cm³/mol. The summed E-state index contributed by atoms with van der Waals surface area (Å²) < 4.78 is 0. The van der Waals surface area contributed by atoms with Crippen LogP contribution in [-0.2, 0) is 0 Å². The van der Waals surface area contributed by atoms with E-state index in [4.69, 9.17) is 11.6 Å². The van der Waals surface area contributed by atoms with Crippen LogP contribution in [0.1, 0.15) is 16.2 Å². The zero-order valence-electron chi connectivity index (χ0n) is 9.14. The lowest BCUT2D eigenvalue weighted by atomic mass is 10.3. The van der Waals surface area contributed by atoms with E-state index in [0.717, 1.165) is 5.69 Å². The average Bonchev–Trinajstić information content (AvgIpc) is 2.32. The average molecular weight is 248 g/mol. The summed E-state index contributed by atoms with van der Waals surface area (Å²) in [6.07, 6.45) is 1.37. The highest BCUT2D eigenvalue weighted by molar-refractivity contribution is 6.30. The van der Waals surface area contributed by atoms with Crippen molar-refractivity contribution < 1.29 is 4.79 Å². The Labute approximate surface area is 104 Å². The Morgan fingerprint density at radius 3 is 2.59 bits per heavy atom. The fourth-order valence-electron chi connectivity index (χ4n) is 1.31. The molecule has 1 heterocycles. The van der Waals surface area contributed by atoms with Crippen molar-refractivity contribution in [3.63, 3.8) is 0 Å². The van der Waals surface area contributed by atoms with Crippen molar-refractivity contribution in [1.29, 1.82) is 0 Å². The maximum atomic E-state index is 11.8. The molecule has 0 radical (unpaired) electrons. The van der Waals surface area contributed by atoms with Crippen molar-refractivity contribution in [2.75, 3.05) is 5.32 Å². The summed E-state index contributed by atoms with van der Waals surface area (Å²) in [4.78, 5) is 19.7. The van der Waals surface area contributed by atoms with Gasteiger partial charge in [-0.2, -0.15) is 0 Å². The van der Waals surface area contributed by atoms with Crippen molar-refractivity contribution in [3.8, 4) is 0 Å². The SMILES string of the molecule is Cc1cc(C(=O)Nc2ccc(Cl)cc2)ncn1. The first-order valence-electron chi connectivity index (χ1n) is 5.01. The molecule has 1 aromatic carbocycles. The molecule has 0 aliphatic carbocycles. The van der Waals surface area contributed by atoms with E-state index in [1.165, 1.54) is 6.33 Å². The molecule has 5 heteroatoms. The smallest absolute Gasteiger partial charge is 0.274 e. The number of nitrogens with zero attached hydrogens (tertiary/aromatic N) is 2. The molecule has 4 nitrogen and oxygen atoms in total. The summed E-state index contributed by atoms with van der Waals surface area (Å²) in [5.74, 6) is -0.266. The number of halogens is 1. The van der Waals surface area contributed by atoms with Gasteiger partial charge in [-0.15, -0.1) is 0 Å². The first-order valence-corrected chi connectivity index (χ1v) is 5.38. The summed E-state index contributed by atoms with van der Waals surface area (Å²) in [6, 6.07) is 8.51. The molecule has 1 aromatic heterocycles. The summed E-state index contributed by atoms with van der Waals surface area (Å²) >= 11 is 5.75. The van der Waals surface area contributed by atoms with Gasteiger partial charge < -0.3 is 5.32 Å². The second-order valence-electron chi connectivity index (χ2n) is 3.51. The quantitative estimate of drug-likeness (QED) is 0.888. The molecule has 2 rings (SSSR count). The predicted octanol–water partition coefficient (Wildman–Crippen LogP) is 2.69. The highest BCUT2D eigenvalue weighted by atomic mass is 35.5. The molecule has 0 spiro atoms. The minimum atomic E-state index is -0.266. The summed E-state index contributed by atoms with van der Waals surface area (Å²) in [5.41, 5.74) is 1.77. The fourth-order valence-corrected chi connectivity index (χ4v) is 1.43. The molecule has 1 N–H and O–H groups in total. The van der Waals surface area contributed by atoms with E-state index in [-0.39, 0.29) is 5.91 Å². The topological polar surface area (TPSA) is 54.9 Å². The maximum absolute atomic E-state index is 11.8. The zero-order valence-corrected chi connectivity index (χ0v) is 9.90. The minimum absolute atomic E-state index is 0.266. The Morgan fingerprint density at radius 1 is 1.24 bits per heavy atom. The van der Waals surface area contributed by atoms with Crippen LogP contribution in [0.5, 0.6) is 0 Å². The first kappa shape index (κ1) is 11.5. The van der Waals surface area contributed by atoms with Crippen molar-refractivity contribution in [1.82, 2.24) is 9.97 Å². The van der Waals surface area contributed by atoms with Crippen LogP contribution in [0.15, 0.2) is 36.7 Å². The van der Waals surface area contributed by atoms with Crippen molar-refractivity contribution in [2.45, 2.75) is 6.92 Å². The highest BCUT2D eigenvalue weighted by Gasteiger charge is 2.07. The highest BCUT2D eigenvalue weighted by Crippen LogP contribution is 2.14. The van der Waals surface area contributed by atoms with Gasteiger partial charge in [-0.25, -0.2) is 9.97 Å².